The van der Waals surface area contributed by atoms with Crippen LogP contribution >= 0.6 is 0 Å². The molecule has 7 atom stereocenters. The lowest BCUT2D eigenvalue weighted by molar-refractivity contribution is -0.137. The molecule has 0 aromatic heterocycles. The number of carbonyl (C=O) groups is 1. The van der Waals surface area contributed by atoms with Crippen LogP contribution < -0.4 is 0 Å². The van der Waals surface area contributed by atoms with E-state index < -0.39 is 5.97 Å². The second kappa shape index (κ2) is 8.46. The number of aliphatic carboxylic acids is 1. The van der Waals surface area contributed by atoms with Gasteiger partial charge < -0.3 is 5.11 Å². The highest BCUT2D eigenvalue weighted by molar-refractivity contribution is 5.66. The van der Waals surface area contributed by atoms with E-state index in [1.807, 2.05) is 13.8 Å². The number of carboxylic acid groups (broad SMARTS) is 1. The van der Waals surface area contributed by atoms with Gasteiger partial charge in [0.15, 0.2) is 0 Å². The second-order valence-corrected chi connectivity index (χ2v) is 10.5. The second-order valence-electron chi connectivity index (χ2n) is 10.5. The quantitative estimate of drug-likeness (QED) is 0.558. The predicted octanol–water partition coefficient (Wildman–Crippen LogP) is 7.32. The molecule has 0 aromatic rings. The third-order valence-corrected chi connectivity index (χ3v) is 9.72. The summed E-state index contributed by atoms with van der Waals surface area (Å²) in [6.45, 7) is 9.25. The molecule has 27 heavy (non-hydrogen) atoms. The van der Waals surface area contributed by atoms with Crippen molar-refractivity contribution in [3.8, 4) is 0 Å². The van der Waals surface area contributed by atoms with Gasteiger partial charge in [0.05, 0.1) is 0 Å². The summed E-state index contributed by atoms with van der Waals surface area (Å²) in [5.74, 6) is 4.08. The molecular weight excluding hydrogens is 332 g/mol. The van der Waals surface area contributed by atoms with Crippen LogP contribution in [0.3, 0.4) is 0 Å². The van der Waals surface area contributed by atoms with Crippen molar-refractivity contribution < 1.29 is 9.90 Å². The fourth-order valence-corrected chi connectivity index (χ4v) is 8.38. The van der Waals surface area contributed by atoms with Crippen molar-refractivity contribution in [3.05, 3.63) is 0 Å². The molecule has 2 nitrogen and oxygen atoms in total. The molecule has 0 heterocycles. The highest BCUT2D eigenvalue weighted by Gasteiger charge is 2.59. The summed E-state index contributed by atoms with van der Waals surface area (Å²) in [6, 6.07) is 0. The minimum atomic E-state index is -0.619. The molecule has 156 valence electrons. The smallest absolute Gasteiger partial charge is 0.303 e. The van der Waals surface area contributed by atoms with E-state index >= 15 is 0 Å². The molecule has 0 aliphatic heterocycles. The van der Waals surface area contributed by atoms with Gasteiger partial charge in [-0.2, -0.15) is 0 Å². The Kier molecular flexibility index (Phi) is 6.63. The van der Waals surface area contributed by atoms with E-state index in [0.717, 1.165) is 42.4 Å². The number of hydrogen-bond acceptors (Lipinski definition) is 1. The van der Waals surface area contributed by atoms with Crippen LogP contribution in [0.4, 0.5) is 0 Å². The van der Waals surface area contributed by atoms with Crippen molar-refractivity contribution in [1.82, 2.24) is 0 Å². The summed E-state index contributed by atoms with van der Waals surface area (Å²) in [6.07, 6.45) is 17.0. The van der Waals surface area contributed by atoms with E-state index in [1.54, 1.807) is 0 Å². The van der Waals surface area contributed by atoms with E-state index in [9.17, 15) is 4.79 Å². The van der Waals surface area contributed by atoms with Crippen LogP contribution in [0.25, 0.3) is 0 Å². The van der Waals surface area contributed by atoms with E-state index in [4.69, 9.17) is 5.11 Å². The van der Waals surface area contributed by atoms with Gasteiger partial charge in [0.1, 0.15) is 0 Å². The molecule has 0 spiro atoms. The Morgan fingerprint density at radius 3 is 2.37 bits per heavy atom. The summed E-state index contributed by atoms with van der Waals surface area (Å²) >= 11 is 0. The molecule has 0 radical (unpaired) electrons. The van der Waals surface area contributed by atoms with E-state index in [1.165, 1.54) is 64.2 Å². The molecular formula is C25H44O2. The highest BCUT2D eigenvalue weighted by atomic mass is 16.4. The highest BCUT2D eigenvalue weighted by Crippen LogP contribution is 2.67. The van der Waals surface area contributed by atoms with E-state index in [0.29, 0.717) is 17.3 Å². The molecule has 4 fully saturated rings. The summed E-state index contributed by atoms with van der Waals surface area (Å²) in [5.41, 5.74) is 1.15. The van der Waals surface area contributed by atoms with E-state index in [-0.39, 0.29) is 0 Å². The molecule has 4 rings (SSSR count). The van der Waals surface area contributed by atoms with Gasteiger partial charge in [-0.3, -0.25) is 4.79 Å². The Bertz CT molecular complexity index is 514. The van der Waals surface area contributed by atoms with Crippen LogP contribution in [0.1, 0.15) is 111 Å². The summed E-state index contributed by atoms with van der Waals surface area (Å²) < 4.78 is 0. The first kappa shape index (κ1) is 21.2. The van der Waals surface area contributed by atoms with Crippen molar-refractivity contribution in [2.24, 2.45) is 40.4 Å². The Morgan fingerprint density at radius 2 is 1.63 bits per heavy atom. The average molecular weight is 377 g/mol. The summed E-state index contributed by atoms with van der Waals surface area (Å²) in [4.78, 5) is 10.9. The summed E-state index contributed by atoms with van der Waals surface area (Å²) in [5, 5.41) is 8.98. The maximum Gasteiger partial charge on any atom is 0.303 e. The van der Waals surface area contributed by atoms with Gasteiger partial charge in [-0.25, -0.2) is 0 Å². The molecule has 1 N–H and O–H groups in total. The summed E-state index contributed by atoms with van der Waals surface area (Å²) in [7, 11) is 0. The van der Waals surface area contributed by atoms with E-state index in [2.05, 4.69) is 13.8 Å². The molecule has 2 heteroatoms. The first-order valence-electron chi connectivity index (χ1n) is 12.2. The van der Waals surface area contributed by atoms with Crippen LogP contribution in [0.5, 0.6) is 0 Å². The van der Waals surface area contributed by atoms with Gasteiger partial charge in [-0.1, -0.05) is 40.5 Å². The maximum absolute atomic E-state index is 10.9. The fourth-order valence-electron chi connectivity index (χ4n) is 8.38. The molecule has 0 saturated heterocycles. The molecule has 4 aliphatic carbocycles. The molecule has 5 unspecified atom stereocenters. The zero-order chi connectivity index (χ0) is 19.7. The zero-order valence-corrected chi connectivity index (χ0v) is 18.4. The Morgan fingerprint density at radius 1 is 0.889 bits per heavy atom. The van der Waals surface area contributed by atoms with Crippen molar-refractivity contribution in [2.45, 2.75) is 111 Å². The van der Waals surface area contributed by atoms with Gasteiger partial charge in [0.25, 0.3) is 0 Å². The minimum Gasteiger partial charge on any atom is -0.481 e. The normalized spacial score (nSPS) is 45.7. The Hall–Kier alpha value is -0.530. The molecule has 4 saturated carbocycles. The minimum absolute atomic E-state index is 0.364. The monoisotopic (exact) mass is 376 g/mol. The van der Waals surface area contributed by atoms with Gasteiger partial charge in [-0.05, 0) is 105 Å². The van der Waals surface area contributed by atoms with Crippen LogP contribution in [0, 0.1) is 40.4 Å². The lowest BCUT2D eigenvalue weighted by Gasteiger charge is -2.60. The van der Waals surface area contributed by atoms with Crippen LogP contribution in [0.15, 0.2) is 0 Å². The Balaban J connectivity index is 0.00000102. The Labute approximate surface area is 167 Å². The zero-order valence-electron chi connectivity index (χ0n) is 18.4. The van der Waals surface area contributed by atoms with Gasteiger partial charge in [0.2, 0.25) is 0 Å². The van der Waals surface area contributed by atoms with Crippen molar-refractivity contribution in [2.75, 3.05) is 0 Å². The number of rotatable bonds is 4. The number of hydrogen-bond donors (Lipinski definition) is 1. The van der Waals surface area contributed by atoms with Crippen LogP contribution in [-0.4, -0.2) is 11.1 Å². The molecule has 0 amide bonds. The van der Waals surface area contributed by atoms with Crippen molar-refractivity contribution in [3.63, 3.8) is 0 Å². The average Bonchev–Trinajstić information content (AvgIpc) is 2.99. The van der Waals surface area contributed by atoms with Gasteiger partial charge >= 0.3 is 5.97 Å². The third kappa shape index (κ3) is 3.71. The third-order valence-electron chi connectivity index (χ3n) is 9.72. The molecule has 0 aromatic carbocycles. The largest absolute Gasteiger partial charge is 0.481 e. The SMILES string of the molecule is CC.C[C@]12CCCCC1CCC1C2CC[C@]2(C)C(CCCC(=O)O)CCC12. The van der Waals surface area contributed by atoms with Crippen molar-refractivity contribution in [1.29, 1.82) is 0 Å². The fraction of sp³-hybridized carbons (Fsp3) is 0.960. The standard InChI is InChI=1S/C23H38O2.C2H6/c1-22-14-4-3-6-16(22)9-11-18-19-12-10-17(7-5-8-21(24)25)23(19,2)15-13-20(18)22;1-2/h16-20H,3-15H2,1-2H3,(H,24,25);1-2H3/t16?,17?,18?,19?,20?,22-,23+;/m0./s1. The maximum atomic E-state index is 10.9. The van der Waals surface area contributed by atoms with Crippen molar-refractivity contribution >= 4 is 5.97 Å². The van der Waals surface area contributed by atoms with Crippen LogP contribution in [0.2, 0.25) is 0 Å². The van der Waals surface area contributed by atoms with Gasteiger partial charge in [-0.15, -0.1) is 0 Å². The topological polar surface area (TPSA) is 37.3 Å². The molecule has 4 aliphatic rings. The first-order valence-corrected chi connectivity index (χ1v) is 12.2. The lowest BCUT2D eigenvalue weighted by Crippen LogP contribution is -2.52. The predicted molar refractivity (Wildman–Crippen MR) is 113 cm³/mol. The first-order chi connectivity index (χ1) is 12.9. The van der Waals surface area contributed by atoms with Crippen LogP contribution in [-0.2, 0) is 4.79 Å². The lowest BCUT2D eigenvalue weighted by atomic mass is 9.45. The molecule has 0 bridgehead atoms. The number of fused-ring (bicyclic) bond motifs is 5. The number of carboxylic acids is 1. The van der Waals surface area contributed by atoms with Gasteiger partial charge in [0, 0.05) is 6.42 Å².